The van der Waals surface area contributed by atoms with Crippen LogP contribution in [0.5, 0.6) is 0 Å². The van der Waals surface area contributed by atoms with Gasteiger partial charge in [-0.1, -0.05) is 36.2 Å². The molecular formula is C28H36N4O2. The van der Waals surface area contributed by atoms with Crippen molar-refractivity contribution >= 4 is 22.8 Å². The van der Waals surface area contributed by atoms with Gasteiger partial charge in [0.15, 0.2) is 0 Å². The summed E-state index contributed by atoms with van der Waals surface area (Å²) in [7, 11) is 0. The van der Waals surface area contributed by atoms with E-state index in [0.717, 1.165) is 85.2 Å². The van der Waals surface area contributed by atoms with Crippen molar-refractivity contribution in [1.29, 1.82) is 0 Å². The molecule has 1 saturated heterocycles. The number of nitrogens with one attached hydrogen (secondary N) is 1. The highest BCUT2D eigenvalue weighted by atomic mass is 16.2. The highest BCUT2D eigenvalue weighted by Gasteiger charge is 2.19. The van der Waals surface area contributed by atoms with Crippen LogP contribution in [-0.4, -0.2) is 45.9 Å². The van der Waals surface area contributed by atoms with Crippen LogP contribution in [-0.2, 0) is 17.8 Å². The Morgan fingerprint density at radius 1 is 0.971 bits per heavy atom. The van der Waals surface area contributed by atoms with Crippen LogP contribution in [0.1, 0.15) is 65.8 Å². The number of hydrogen-bond acceptors (Lipinski definition) is 3. The number of rotatable bonds is 9. The third kappa shape index (κ3) is 5.85. The Kier molecular flexibility index (Phi) is 7.99. The van der Waals surface area contributed by atoms with Crippen LogP contribution in [0.2, 0.25) is 0 Å². The maximum Gasteiger partial charge on any atom is 0.251 e. The molecule has 6 heteroatoms. The van der Waals surface area contributed by atoms with Crippen molar-refractivity contribution in [3.63, 3.8) is 0 Å². The van der Waals surface area contributed by atoms with Gasteiger partial charge in [0.2, 0.25) is 5.91 Å². The lowest BCUT2D eigenvalue weighted by atomic mass is 10.1. The van der Waals surface area contributed by atoms with Gasteiger partial charge in [0, 0.05) is 31.6 Å². The van der Waals surface area contributed by atoms with E-state index in [1.54, 1.807) is 0 Å². The fourth-order valence-corrected chi connectivity index (χ4v) is 4.82. The van der Waals surface area contributed by atoms with Gasteiger partial charge in [-0.25, -0.2) is 4.98 Å². The fraction of sp³-hybridized carbons (Fsp3) is 0.464. The monoisotopic (exact) mass is 460 g/mol. The molecule has 0 atom stereocenters. The number of hydrogen-bond donors (Lipinski definition) is 1. The molecular weight excluding hydrogens is 424 g/mol. The molecule has 2 amide bonds. The van der Waals surface area contributed by atoms with E-state index >= 15 is 0 Å². The van der Waals surface area contributed by atoms with Gasteiger partial charge in [-0.3, -0.25) is 9.59 Å². The Morgan fingerprint density at radius 3 is 2.56 bits per heavy atom. The van der Waals surface area contributed by atoms with Crippen molar-refractivity contribution in [3.05, 3.63) is 65.0 Å². The topological polar surface area (TPSA) is 67.2 Å². The number of aryl methyl sites for hydroxylation is 3. The summed E-state index contributed by atoms with van der Waals surface area (Å²) in [6.45, 7) is 6.78. The Bertz CT molecular complexity index is 1140. The molecule has 6 nitrogen and oxygen atoms in total. The van der Waals surface area contributed by atoms with Crippen LogP contribution in [0.25, 0.3) is 11.0 Å². The van der Waals surface area contributed by atoms with E-state index < -0.39 is 0 Å². The number of amides is 2. The summed E-state index contributed by atoms with van der Waals surface area (Å²) in [5.74, 6) is 1.17. The molecule has 3 aromatic rings. The summed E-state index contributed by atoms with van der Waals surface area (Å²) in [5, 5.41) is 3.04. The van der Waals surface area contributed by atoms with Crippen LogP contribution in [0.4, 0.5) is 0 Å². The third-order valence-corrected chi connectivity index (χ3v) is 6.73. The predicted molar refractivity (Wildman–Crippen MR) is 136 cm³/mol. The highest BCUT2D eigenvalue weighted by molar-refractivity contribution is 5.95. The first-order valence-electron chi connectivity index (χ1n) is 12.6. The van der Waals surface area contributed by atoms with Gasteiger partial charge in [-0.2, -0.15) is 0 Å². The Morgan fingerprint density at radius 2 is 1.76 bits per heavy atom. The lowest BCUT2D eigenvalue weighted by Gasteiger charge is -2.27. The van der Waals surface area contributed by atoms with Crippen molar-refractivity contribution in [3.8, 4) is 0 Å². The summed E-state index contributed by atoms with van der Waals surface area (Å²) in [5.41, 5.74) is 4.90. The molecule has 2 aromatic carbocycles. The minimum atomic E-state index is -0.00415. The number of unbranched alkanes of at least 4 members (excludes halogenated alkanes) is 2. The van der Waals surface area contributed by atoms with Crippen molar-refractivity contribution in [2.45, 2.75) is 65.3 Å². The first-order chi connectivity index (χ1) is 16.5. The molecule has 180 valence electrons. The normalized spacial score (nSPS) is 13.9. The van der Waals surface area contributed by atoms with Crippen molar-refractivity contribution in [2.24, 2.45) is 0 Å². The van der Waals surface area contributed by atoms with Crippen LogP contribution in [0.3, 0.4) is 0 Å². The first kappa shape index (κ1) is 24.0. The first-order valence-corrected chi connectivity index (χ1v) is 12.6. The van der Waals surface area contributed by atoms with E-state index in [1.165, 1.54) is 6.42 Å². The zero-order valence-electron chi connectivity index (χ0n) is 20.5. The van der Waals surface area contributed by atoms with Crippen LogP contribution >= 0.6 is 0 Å². The van der Waals surface area contributed by atoms with E-state index in [9.17, 15) is 9.59 Å². The second kappa shape index (κ2) is 11.3. The maximum atomic E-state index is 12.9. The summed E-state index contributed by atoms with van der Waals surface area (Å²) in [6, 6.07) is 14.0. The summed E-state index contributed by atoms with van der Waals surface area (Å²) >= 11 is 0. The maximum absolute atomic E-state index is 12.9. The zero-order chi connectivity index (χ0) is 23.9. The summed E-state index contributed by atoms with van der Waals surface area (Å²) in [4.78, 5) is 32.2. The van der Waals surface area contributed by atoms with E-state index in [1.807, 2.05) is 55.1 Å². The minimum absolute atomic E-state index is 0.00415. The molecule has 2 heterocycles. The van der Waals surface area contributed by atoms with E-state index in [4.69, 9.17) is 4.98 Å². The van der Waals surface area contributed by atoms with Crippen LogP contribution in [0.15, 0.2) is 42.5 Å². The molecule has 1 aliphatic rings. The molecule has 4 rings (SSSR count). The molecule has 1 aromatic heterocycles. The lowest BCUT2D eigenvalue weighted by molar-refractivity contribution is -0.132. The molecule has 0 unspecified atom stereocenters. The van der Waals surface area contributed by atoms with Gasteiger partial charge in [0.05, 0.1) is 11.0 Å². The average molecular weight is 461 g/mol. The molecule has 34 heavy (non-hydrogen) atoms. The van der Waals surface area contributed by atoms with Gasteiger partial charge in [0.1, 0.15) is 12.4 Å². The SMILES string of the molecule is Cc1ccc(C(=O)NCCCCCc2nc3ccccc3n2CC(=O)N2CCCCC2)c(C)c1. The van der Waals surface area contributed by atoms with E-state index in [2.05, 4.69) is 16.0 Å². The van der Waals surface area contributed by atoms with Crippen molar-refractivity contribution in [1.82, 2.24) is 19.8 Å². The molecule has 0 radical (unpaired) electrons. The second-order valence-electron chi connectivity index (χ2n) is 9.43. The standard InChI is InChI=1S/C28H36N4O2/c1-21-14-15-23(22(2)19-21)28(34)29-16-8-3-5-13-26-30-24-11-6-7-12-25(24)32(26)20-27(33)31-17-9-4-10-18-31/h6-7,11-12,14-15,19H,3-5,8-10,13,16-18,20H2,1-2H3,(H,29,34). The molecule has 0 spiro atoms. The van der Waals surface area contributed by atoms with Gasteiger partial charge in [0.25, 0.3) is 5.91 Å². The van der Waals surface area contributed by atoms with Gasteiger partial charge in [-0.15, -0.1) is 0 Å². The molecule has 1 N–H and O–H groups in total. The van der Waals surface area contributed by atoms with Crippen LogP contribution < -0.4 is 5.32 Å². The molecule has 1 aliphatic heterocycles. The lowest BCUT2D eigenvalue weighted by Crippen LogP contribution is -2.38. The minimum Gasteiger partial charge on any atom is -0.352 e. The molecule has 0 aliphatic carbocycles. The molecule has 0 saturated carbocycles. The quantitative estimate of drug-likeness (QED) is 0.466. The summed E-state index contributed by atoms with van der Waals surface area (Å²) < 4.78 is 2.11. The number of likely N-dealkylation sites (tertiary alicyclic amines) is 1. The highest BCUT2D eigenvalue weighted by Crippen LogP contribution is 2.19. The van der Waals surface area contributed by atoms with Gasteiger partial charge < -0.3 is 14.8 Å². The number of fused-ring (bicyclic) bond motifs is 1. The van der Waals surface area contributed by atoms with Crippen molar-refractivity contribution < 1.29 is 9.59 Å². The largest absolute Gasteiger partial charge is 0.352 e. The third-order valence-electron chi connectivity index (χ3n) is 6.73. The number of carbonyl (C=O) groups is 2. The number of piperidine rings is 1. The van der Waals surface area contributed by atoms with Crippen LogP contribution in [0, 0.1) is 13.8 Å². The molecule has 0 bridgehead atoms. The number of carbonyl (C=O) groups excluding carboxylic acids is 2. The average Bonchev–Trinajstić information content (AvgIpc) is 3.18. The number of benzene rings is 2. The Balaban J connectivity index is 1.29. The van der Waals surface area contributed by atoms with E-state index in [-0.39, 0.29) is 11.8 Å². The fourth-order valence-electron chi connectivity index (χ4n) is 4.82. The Hall–Kier alpha value is -3.15. The number of nitrogens with zero attached hydrogens (tertiary/aromatic N) is 3. The van der Waals surface area contributed by atoms with Gasteiger partial charge >= 0.3 is 0 Å². The zero-order valence-corrected chi connectivity index (χ0v) is 20.5. The van der Waals surface area contributed by atoms with Gasteiger partial charge in [-0.05, 0) is 69.7 Å². The predicted octanol–water partition coefficient (Wildman–Crippen LogP) is 4.81. The molecule has 1 fully saturated rings. The number of imidazole rings is 1. The van der Waals surface area contributed by atoms with E-state index in [0.29, 0.717) is 13.1 Å². The smallest absolute Gasteiger partial charge is 0.251 e. The summed E-state index contributed by atoms with van der Waals surface area (Å²) in [6.07, 6.45) is 7.13. The number of para-hydroxylation sites is 2. The van der Waals surface area contributed by atoms with Crippen molar-refractivity contribution in [2.75, 3.05) is 19.6 Å². The number of aromatic nitrogens is 2. The Labute approximate surface area is 202 Å². The second-order valence-corrected chi connectivity index (χ2v) is 9.43.